The summed E-state index contributed by atoms with van der Waals surface area (Å²) in [5, 5.41) is 6.31. The van der Waals surface area contributed by atoms with Crippen LogP contribution in [0.1, 0.15) is 50.3 Å². The van der Waals surface area contributed by atoms with Gasteiger partial charge in [0.25, 0.3) is 0 Å². The number of aryl methyl sites for hydroxylation is 2. The zero-order valence-electron chi connectivity index (χ0n) is 26.5. The molecule has 9 nitrogen and oxygen atoms in total. The van der Waals surface area contributed by atoms with Crippen molar-refractivity contribution in [2.75, 3.05) is 11.5 Å². The SMILES string of the molecule is CC(C)(C)SSC[C@H](NC(=O)OCc1ccccc1N=[N+]=[N-])C(=O)CCc1ccccc1.N[C@@H](CS)C(=O)CCc1ccccc1. The summed E-state index contributed by atoms with van der Waals surface area (Å²) in [7, 11) is 3.22. The van der Waals surface area contributed by atoms with Gasteiger partial charge in [0.15, 0.2) is 11.6 Å². The molecule has 3 N–H and O–H groups in total. The van der Waals surface area contributed by atoms with Gasteiger partial charge in [-0.3, -0.25) is 9.59 Å². The predicted octanol–water partition coefficient (Wildman–Crippen LogP) is 8.05. The Kier molecular flexibility index (Phi) is 18.0. The van der Waals surface area contributed by atoms with Gasteiger partial charge in [0.2, 0.25) is 0 Å². The van der Waals surface area contributed by atoms with Gasteiger partial charge < -0.3 is 15.8 Å². The van der Waals surface area contributed by atoms with Crippen LogP contribution in [-0.2, 0) is 33.8 Å². The fourth-order valence-electron chi connectivity index (χ4n) is 3.89. The van der Waals surface area contributed by atoms with Crippen molar-refractivity contribution in [2.45, 2.75) is 69.9 Å². The highest BCUT2D eigenvalue weighted by Gasteiger charge is 2.23. The Balaban J connectivity index is 0.000000438. The topological polar surface area (TPSA) is 147 Å². The van der Waals surface area contributed by atoms with E-state index in [-0.39, 0.29) is 22.9 Å². The highest BCUT2D eigenvalue weighted by Crippen LogP contribution is 2.35. The Morgan fingerprint density at radius 2 is 1.46 bits per heavy atom. The number of hydrogen-bond acceptors (Lipinski definition) is 9. The van der Waals surface area contributed by atoms with Crippen molar-refractivity contribution in [1.29, 1.82) is 0 Å². The van der Waals surface area contributed by atoms with E-state index in [4.69, 9.17) is 16.0 Å². The number of thiol groups is 1. The molecule has 0 bridgehead atoms. The molecule has 0 aliphatic carbocycles. The van der Waals surface area contributed by atoms with E-state index in [1.807, 2.05) is 60.7 Å². The molecule has 3 rings (SSSR count). The van der Waals surface area contributed by atoms with Crippen LogP contribution in [0.5, 0.6) is 0 Å². The molecule has 0 aliphatic rings. The summed E-state index contributed by atoms with van der Waals surface area (Å²) in [6.07, 6.45) is 1.53. The molecule has 12 heteroatoms. The molecular weight excluding hydrogens is 639 g/mol. The Hall–Kier alpha value is -3.41. The largest absolute Gasteiger partial charge is 0.445 e. The molecule has 2 atom stereocenters. The maximum atomic E-state index is 12.9. The fourth-order valence-corrected chi connectivity index (χ4v) is 6.59. The Bertz CT molecular complexity index is 1420. The monoisotopic (exact) mass is 681 g/mol. The molecule has 246 valence electrons. The summed E-state index contributed by atoms with van der Waals surface area (Å²) < 4.78 is 5.34. The number of amides is 1. The maximum Gasteiger partial charge on any atom is 0.408 e. The quantitative estimate of drug-likeness (QED) is 0.0456. The minimum atomic E-state index is -0.680. The number of alkyl carbamates (subject to hydrolysis) is 1. The number of nitrogens with one attached hydrogen (secondary N) is 1. The molecule has 46 heavy (non-hydrogen) atoms. The third-order valence-electron chi connectivity index (χ3n) is 6.34. The van der Waals surface area contributed by atoms with E-state index in [1.54, 1.807) is 45.9 Å². The normalized spacial score (nSPS) is 12.0. The first-order chi connectivity index (χ1) is 22.0. The smallest absolute Gasteiger partial charge is 0.408 e. The van der Waals surface area contributed by atoms with Gasteiger partial charge in [-0.05, 0) is 35.1 Å². The lowest BCUT2D eigenvalue weighted by atomic mass is 10.0. The van der Waals surface area contributed by atoms with Gasteiger partial charge in [0, 0.05) is 39.7 Å². The maximum absolute atomic E-state index is 12.9. The van der Waals surface area contributed by atoms with Gasteiger partial charge in [0.1, 0.15) is 12.6 Å². The van der Waals surface area contributed by atoms with Crippen LogP contribution in [0.15, 0.2) is 90.0 Å². The van der Waals surface area contributed by atoms with Crippen LogP contribution < -0.4 is 11.1 Å². The summed E-state index contributed by atoms with van der Waals surface area (Å²) in [4.78, 5) is 39.5. The van der Waals surface area contributed by atoms with E-state index in [1.165, 1.54) is 5.56 Å². The van der Waals surface area contributed by atoms with Crippen LogP contribution in [0.25, 0.3) is 10.4 Å². The first-order valence-electron chi connectivity index (χ1n) is 14.9. The van der Waals surface area contributed by atoms with E-state index in [0.717, 1.165) is 12.0 Å². The zero-order valence-corrected chi connectivity index (χ0v) is 29.0. The Labute approximate surface area is 285 Å². The molecular formula is C34H43N5O4S3. The van der Waals surface area contributed by atoms with E-state index in [0.29, 0.717) is 42.0 Å². The second kappa shape index (κ2) is 21.4. The van der Waals surface area contributed by atoms with Crippen molar-refractivity contribution < 1.29 is 19.1 Å². The Morgan fingerprint density at radius 1 is 0.913 bits per heavy atom. The third-order valence-corrected chi connectivity index (χ3v) is 10.1. The molecule has 0 aromatic heterocycles. The molecule has 3 aromatic rings. The van der Waals surface area contributed by atoms with E-state index in [2.05, 4.69) is 48.7 Å². The summed E-state index contributed by atoms with van der Waals surface area (Å²) in [5.41, 5.74) is 17.5. The molecule has 1 amide bonds. The van der Waals surface area contributed by atoms with Crippen molar-refractivity contribution >= 4 is 57.6 Å². The lowest BCUT2D eigenvalue weighted by molar-refractivity contribution is -0.120. The lowest BCUT2D eigenvalue weighted by Gasteiger charge is -2.20. The number of carbonyl (C=O) groups is 3. The van der Waals surface area contributed by atoms with Crippen molar-refractivity contribution in [3.8, 4) is 0 Å². The molecule has 0 radical (unpaired) electrons. The van der Waals surface area contributed by atoms with Crippen LogP contribution >= 0.6 is 34.2 Å². The molecule has 0 saturated carbocycles. The van der Waals surface area contributed by atoms with Crippen molar-refractivity contribution in [3.05, 3.63) is 112 Å². The van der Waals surface area contributed by atoms with Crippen LogP contribution in [-0.4, -0.2) is 46.0 Å². The van der Waals surface area contributed by atoms with E-state index < -0.39 is 18.2 Å². The summed E-state index contributed by atoms with van der Waals surface area (Å²) in [5.74, 6) is 0.916. The minimum absolute atomic E-state index is 0.0355. The van der Waals surface area contributed by atoms with Gasteiger partial charge in [-0.2, -0.15) is 12.6 Å². The predicted molar refractivity (Wildman–Crippen MR) is 194 cm³/mol. The number of hydrogen-bond donors (Lipinski definition) is 3. The number of nitrogens with two attached hydrogens (primary N) is 1. The Morgan fingerprint density at radius 3 is 2.00 bits per heavy atom. The first kappa shape index (κ1) is 38.8. The van der Waals surface area contributed by atoms with Gasteiger partial charge in [0.05, 0.1) is 6.04 Å². The lowest BCUT2D eigenvalue weighted by Crippen LogP contribution is -2.43. The van der Waals surface area contributed by atoms with Crippen molar-refractivity contribution in [3.63, 3.8) is 0 Å². The van der Waals surface area contributed by atoms with Crippen LogP contribution in [0, 0.1) is 0 Å². The fraction of sp³-hybridized carbons (Fsp3) is 0.382. The van der Waals surface area contributed by atoms with Crippen LogP contribution in [0.4, 0.5) is 10.5 Å². The van der Waals surface area contributed by atoms with Gasteiger partial charge in [-0.15, -0.1) is 0 Å². The van der Waals surface area contributed by atoms with Gasteiger partial charge in [-0.25, -0.2) is 4.79 Å². The standard InChI is InChI=1S/C23H28N4O3S2.C11H15NOS/c1-23(2,3)32-31-16-20(21(28)14-13-17-9-5-4-6-10-17)25-22(29)30-15-18-11-7-8-12-19(18)26-27-24;12-10(8-14)11(13)7-6-9-4-2-1-3-5-9/h4-12,20H,13-16H2,1-3H3,(H,25,29);1-5,10,14H,6-8,12H2/t20-;10-/m00/s1. The van der Waals surface area contributed by atoms with Crippen molar-refractivity contribution in [2.24, 2.45) is 10.8 Å². The van der Waals surface area contributed by atoms with E-state index in [9.17, 15) is 14.4 Å². The van der Waals surface area contributed by atoms with Crippen LogP contribution in [0.2, 0.25) is 0 Å². The number of carbonyl (C=O) groups excluding carboxylic acids is 3. The average molecular weight is 682 g/mol. The average Bonchev–Trinajstić information content (AvgIpc) is 3.05. The number of nitrogens with zero attached hydrogens (tertiary/aromatic N) is 3. The second-order valence-electron chi connectivity index (χ2n) is 11.3. The summed E-state index contributed by atoms with van der Waals surface area (Å²) in [6.45, 7) is 6.23. The molecule has 0 fully saturated rings. The number of ketones is 2. The van der Waals surface area contributed by atoms with Gasteiger partial charge >= 0.3 is 6.09 Å². The van der Waals surface area contributed by atoms with Gasteiger partial charge in [-0.1, -0.05) is 132 Å². The summed E-state index contributed by atoms with van der Waals surface area (Å²) in [6, 6.07) is 25.5. The third kappa shape index (κ3) is 16.2. The number of benzene rings is 3. The molecule has 0 unspecified atom stereocenters. The first-order valence-corrected chi connectivity index (χ1v) is 17.8. The molecule has 0 spiro atoms. The zero-order chi connectivity index (χ0) is 33.8. The molecule has 3 aromatic carbocycles. The number of ether oxygens (including phenoxy) is 1. The molecule has 0 heterocycles. The molecule has 0 saturated heterocycles. The number of Topliss-reactive ketones (excluding diaryl/α,β-unsaturated/α-hetero) is 2. The van der Waals surface area contributed by atoms with Crippen LogP contribution in [0.3, 0.4) is 0 Å². The number of azide groups is 1. The highest BCUT2D eigenvalue weighted by atomic mass is 33.1. The minimum Gasteiger partial charge on any atom is -0.445 e. The molecule has 0 aliphatic heterocycles. The van der Waals surface area contributed by atoms with Crippen molar-refractivity contribution in [1.82, 2.24) is 5.32 Å². The second-order valence-corrected chi connectivity index (χ2v) is 14.8. The number of rotatable bonds is 16. The summed E-state index contributed by atoms with van der Waals surface area (Å²) >= 11 is 3.99. The van der Waals surface area contributed by atoms with E-state index >= 15 is 0 Å². The highest BCUT2D eigenvalue weighted by molar-refractivity contribution is 8.77.